The van der Waals surface area contributed by atoms with Crippen LogP contribution < -0.4 is 10.5 Å². The number of hydrogen-bond acceptors (Lipinski definition) is 3. The summed E-state index contributed by atoms with van der Waals surface area (Å²) in [5.74, 6) is 0.716. The Balaban J connectivity index is 2.18. The van der Waals surface area contributed by atoms with E-state index in [-0.39, 0.29) is 18.5 Å². The topological polar surface area (TPSA) is 53.1 Å². The van der Waals surface area contributed by atoms with Gasteiger partial charge in [-0.2, -0.15) is 8.78 Å². The first-order valence-electron chi connectivity index (χ1n) is 5.96. The van der Waals surface area contributed by atoms with Gasteiger partial charge in [0.1, 0.15) is 12.4 Å². The van der Waals surface area contributed by atoms with E-state index in [0.29, 0.717) is 5.75 Å². The van der Waals surface area contributed by atoms with Crippen LogP contribution in [-0.2, 0) is 6.61 Å². The molecule has 2 rings (SSSR count). The quantitative estimate of drug-likeness (QED) is 0.899. The Hall–Kier alpha value is -1.47. The van der Waals surface area contributed by atoms with Gasteiger partial charge in [-0.1, -0.05) is 22.0 Å². The Labute approximate surface area is 123 Å². The fourth-order valence-electron chi connectivity index (χ4n) is 1.79. The lowest BCUT2D eigenvalue weighted by Crippen LogP contribution is -2.11. The fourth-order valence-corrected chi connectivity index (χ4v) is 2.13. The minimum Gasteiger partial charge on any atom is -0.485 e. The van der Waals surface area contributed by atoms with Crippen LogP contribution in [0, 0.1) is 0 Å². The zero-order valence-electron chi connectivity index (χ0n) is 10.8. The van der Waals surface area contributed by atoms with Crippen LogP contribution in [-0.4, -0.2) is 9.55 Å². The van der Waals surface area contributed by atoms with Crippen LogP contribution in [0.1, 0.15) is 30.9 Å². The first-order chi connectivity index (χ1) is 9.49. The molecule has 0 radical (unpaired) electrons. The molecule has 0 aliphatic rings. The maximum atomic E-state index is 12.7. The number of ether oxygens (including phenoxy) is 1. The number of hydrogen-bond donors (Lipinski definition) is 1. The van der Waals surface area contributed by atoms with Crippen LogP contribution in [0.5, 0.6) is 5.75 Å². The molecule has 0 bridgehead atoms. The van der Waals surface area contributed by atoms with E-state index in [0.717, 1.165) is 14.6 Å². The molecule has 0 spiro atoms. The summed E-state index contributed by atoms with van der Waals surface area (Å²) in [6.07, 6.45) is 2.54. The summed E-state index contributed by atoms with van der Waals surface area (Å²) in [6, 6.07) is 5.23. The van der Waals surface area contributed by atoms with Crippen molar-refractivity contribution in [1.29, 1.82) is 0 Å². The third kappa shape index (κ3) is 3.34. The molecule has 0 aliphatic carbocycles. The van der Waals surface area contributed by atoms with E-state index in [1.807, 2.05) is 19.1 Å². The Morgan fingerprint density at radius 3 is 2.85 bits per heavy atom. The van der Waals surface area contributed by atoms with E-state index in [9.17, 15) is 8.78 Å². The van der Waals surface area contributed by atoms with E-state index in [1.54, 1.807) is 6.07 Å². The Morgan fingerprint density at radius 1 is 1.45 bits per heavy atom. The highest BCUT2D eigenvalue weighted by Gasteiger charge is 2.14. The maximum absolute atomic E-state index is 12.7. The number of nitrogens with two attached hydrogens (primary N) is 1. The fraction of sp³-hybridized carbons (Fsp3) is 0.308. The van der Waals surface area contributed by atoms with Crippen LogP contribution in [0.25, 0.3) is 0 Å². The summed E-state index contributed by atoms with van der Waals surface area (Å²) in [5, 5.41) is 0. The van der Waals surface area contributed by atoms with Gasteiger partial charge in [0.05, 0.1) is 0 Å². The molecule has 0 saturated heterocycles. The third-order valence-electron chi connectivity index (χ3n) is 2.78. The van der Waals surface area contributed by atoms with Crippen LogP contribution in [0.3, 0.4) is 0 Å². The van der Waals surface area contributed by atoms with E-state index < -0.39 is 6.55 Å². The molecule has 0 fully saturated rings. The predicted octanol–water partition coefficient (Wildman–Crippen LogP) is 3.64. The highest BCUT2D eigenvalue weighted by molar-refractivity contribution is 9.10. The van der Waals surface area contributed by atoms with Crippen LogP contribution >= 0.6 is 15.9 Å². The molecule has 7 heteroatoms. The molecule has 2 aromatic rings. The molecule has 0 amide bonds. The molecule has 1 atom stereocenters. The van der Waals surface area contributed by atoms with Crippen molar-refractivity contribution in [3.63, 3.8) is 0 Å². The van der Waals surface area contributed by atoms with Gasteiger partial charge in [0.2, 0.25) is 0 Å². The Morgan fingerprint density at radius 2 is 2.20 bits per heavy atom. The second kappa shape index (κ2) is 6.32. The van der Waals surface area contributed by atoms with E-state index in [1.165, 1.54) is 12.4 Å². The van der Waals surface area contributed by atoms with Gasteiger partial charge in [0, 0.05) is 28.5 Å². The largest absolute Gasteiger partial charge is 0.485 e. The first kappa shape index (κ1) is 14.9. The normalized spacial score (nSPS) is 12.7. The summed E-state index contributed by atoms with van der Waals surface area (Å²) in [6.45, 7) is -0.851. The molecule has 0 unspecified atom stereocenters. The Bertz CT molecular complexity index is 587. The molecule has 1 aromatic carbocycles. The Kier molecular flexibility index (Phi) is 4.72. The lowest BCUT2D eigenvalue weighted by atomic mass is 10.1. The van der Waals surface area contributed by atoms with Crippen molar-refractivity contribution >= 4 is 15.9 Å². The lowest BCUT2D eigenvalue weighted by Gasteiger charge is -2.15. The number of aromatic nitrogens is 2. The molecule has 0 saturated carbocycles. The lowest BCUT2D eigenvalue weighted by molar-refractivity contribution is 0.0632. The SMILES string of the molecule is C[C@H](N)c1ccc(Br)cc1OCc1nccn1C(F)F. The number of rotatable bonds is 5. The molecule has 1 aromatic heterocycles. The van der Waals surface area contributed by atoms with E-state index >= 15 is 0 Å². The molecule has 20 heavy (non-hydrogen) atoms. The summed E-state index contributed by atoms with van der Waals surface area (Å²) in [4.78, 5) is 3.86. The standard InChI is InChI=1S/C13H14BrF2N3O/c1-8(17)10-3-2-9(14)6-11(10)20-7-12-18-4-5-19(12)13(15)16/h2-6,8,13H,7,17H2,1H3/t8-/m0/s1. The molecule has 2 N–H and O–H groups in total. The van der Waals surface area contributed by atoms with E-state index in [4.69, 9.17) is 10.5 Å². The van der Waals surface area contributed by atoms with Crippen molar-refractivity contribution in [2.24, 2.45) is 5.73 Å². The van der Waals surface area contributed by atoms with Crippen molar-refractivity contribution in [3.05, 3.63) is 46.5 Å². The van der Waals surface area contributed by atoms with Crippen molar-refractivity contribution in [3.8, 4) is 5.75 Å². The van der Waals surface area contributed by atoms with Crippen LogP contribution in [0.4, 0.5) is 8.78 Å². The summed E-state index contributed by atoms with van der Waals surface area (Å²) in [7, 11) is 0. The molecule has 0 aliphatic heterocycles. The number of halogens is 3. The number of nitrogens with zero attached hydrogens (tertiary/aromatic N) is 2. The van der Waals surface area contributed by atoms with Gasteiger partial charge in [0.15, 0.2) is 5.82 Å². The zero-order chi connectivity index (χ0) is 14.7. The first-order valence-corrected chi connectivity index (χ1v) is 6.76. The number of alkyl halides is 2. The van der Waals surface area contributed by atoms with Gasteiger partial charge in [-0.15, -0.1) is 0 Å². The molecular formula is C13H14BrF2N3O. The van der Waals surface area contributed by atoms with Crippen LogP contribution in [0.2, 0.25) is 0 Å². The summed E-state index contributed by atoms with van der Waals surface area (Å²) < 4.78 is 32.6. The van der Waals surface area contributed by atoms with Crippen LogP contribution in [0.15, 0.2) is 35.1 Å². The molecule has 1 heterocycles. The van der Waals surface area contributed by atoms with Crippen molar-refractivity contribution < 1.29 is 13.5 Å². The minimum absolute atomic E-state index is 0.0481. The average molecular weight is 346 g/mol. The molecule has 4 nitrogen and oxygen atoms in total. The minimum atomic E-state index is -2.63. The predicted molar refractivity (Wildman–Crippen MR) is 74.6 cm³/mol. The molecule has 108 valence electrons. The number of imidazole rings is 1. The van der Waals surface area contributed by atoms with Gasteiger partial charge in [-0.3, -0.25) is 4.57 Å². The van der Waals surface area contributed by atoms with E-state index in [2.05, 4.69) is 20.9 Å². The van der Waals surface area contributed by atoms with Gasteiger partial charge < -0.3 is 10.5 Å². The monoisotopic (exact) mass is 345 g/mol. The smallest absolute Gasteiger partial charge is 0.320 e. The highest BCUT2D eigenvalue weighted by atomic mass is 79.9. The second-order valence-electron chi connectivity index (χ2n) is 4.29. The van der Waals surface area contributed by atoms with Crippen molar-refractivity contribution in [2.75, 3.05) is 0 Å². The van der Waals surface area contributed by atoms with Gasteiger partial charge in [0.25, 0.3) is 0 Å². The van der Waals surface area contributed by atoms with Gasteiger partial charge >= 0.3 is 6.55 Å². The number of benzene rings is 1. The third-order valence-corrected chi connectivity index (χ3v) is 3.28. The average Bonchev–Trinajstić information content (AvgIpc) is 2.84. The van der Waals surface area contributed by atoms with Gasteiger partial charge in [-0.05, 0) is 19.1 Å². The highest BCUT2D eigenvalue weighted by Crippen LogP contribution is 2.28. The maximum Gasteiger partial charge on any atom is 0.320 e. The van der Waals surface area contributed by atoms with Crippen molar-refractivity contribution in [2.45, 2.75) is 26.1 Å². The van der Waals surface area contributed by atoms with Crippen molar-refractivity contribution in [1.82, 2.24) is 9.55 Å². The molecular weight excluding hydrogens is 332 g/mol. The van der Waals surface area contributed by atoms with Gasteiger partial charge in [-0.25, -0.2) is 4.98 Å². The summed E-state index contributed by atoms with van der Waals surface area (Å²) >= 11 is 3.34. The zero-order valence-corrected chi connectivity index (χ0v) is 12.3. The summed E-state index contributed by atoms with van der Waals surface area (Å²) in [5.41, 5.74) is 6.66. The second-order valence-corrected chi connectivity index (χ2v) is 5.20.